The van der Waals surface area contributed by atoms with Crippen LogP contribution in [0.3, 0.4) is 0 Å². The minimum atomic E-state index is -1.07. The molecule has 0 aliphatic carbocycles. The summed E-state index contributed by atoms with van der Waals surface area (Å²) >= 11 is 0. The number of hydrogen-bond donors (Lipinski definition) is 3. The van der Waals surface area contributed by atoms with Crippen molar-refractivity contribution in [1.29, 1.82) is 0 Å². The van der Waals surface area contributed by atoms with E-state index < -0.39 is 17.9 Å². The second-order valence-corrected chi connectivity index (χ2v) is 5.02. The van der Waals surface area contributed by atoms with Crippen molar-refractivity contribution in [3.8, 4) is 0 Å². The van der Waals surface area contributed by atoms with Crippen molar-refractivity contribution >= 4 is 17.9 Å². The summed E-state index contributed by atoms with van der Waals surface area (Å²) in [6.07, 6.45) is -0.512. The number of aliphatic carboxylic acids is 1. The number of carboxylic acid groups (broad SMARTS) is 1. The summed E-state index contributed by atoms with van der Waals surface area (Å²) in [5.41, 5.74) is 2.14. The summed E-state index contributed by atoms with van der Waals surface area (Å²) in [4.78, 5) is 33.0. The van der Waals surface area contributed by atoms with Crippen LogP contribution in [-0.2, 0) is 16.1 Å². The van der Waals surface area contributed by atoms with Crippen LogP contribution in [0.5, 0.6) is 0 Å². The van der Waals surface area contributed by atoms with Crippen molar-refractivity contribution in [3.63, 3.8) is 0 Å². The molecule has 0 spiro atoms. The summed E-state index contributed by atoms with van der Waals surface area (Å²) in [6.45, 7) is 4.50. The van der Waals surface area contributed by atoms with Crippen molar-refractivity contribution in [2.75, 3.05) is 0 Å². The van der Waals surface area contributed by atoms with Gasteiger partial charge in [-0.05, 0) is 17.0 Å². The summed E-state index contributed by atoms with van der Waals surface area (Å²) < 4.78 is 0. The van der Waals surface area contributed by atoms with E-state index in [4.69, 9.17) is 5.11 Å². The number of imide groups is 1. The van der Waals surface area contributed by atoms with E-state index in [1.54, 1.807) is 0 Å². The summed E-state index contributed by atoms with van der Waals surface area (Å²) in [5, 5.41) is 13.1. The minimum absolute atomic E-state index is 0.216. The number of hydrogen-bond acceptors (Lipinski definition) is 3. The van der Waals surface area contributed by atoms with E-state index in [0.717, 1.165) is 5.56 Å². The van der Waals surface area contributed by atoms with Gasteiger partial charge in [0, 0.05) is 13.0 Å². The normalized spacial score (nSPS) is 10.2. The Kier molecular flexibility index (Phi) is 6.39. The lowest BCUT2D eigenvalue weighted by molar-refractivity contribution is -0.138. The second kappa shape index (κ2) is 8.04. The molecule has 0 aliphatic heterocycles. The molecule has 1 aromatic carbocycles. The zero-order chi connectivity index (χ0) is 15.8. The third kappa shape index (κ3) is 6.56. The van der Waals surface area contributed by atoms with E-state index in [2.05, 4.69) is 24.5 Å². The van der Waals surface area contributed by atoms with Crippen LogP contribution in [0.4, 0.5) is 4.79 Å². The maximum absolute atomic E-state index is 11.5. The monoisotopic (exact) mass is 292 g/mol. The van der Waals surface area contributed by atoms with Gasteiger partial charge in [0.1, 0.15) is 0 Å². The van der Waals surface area contributed by atoms with E-state index in [-0.39, 0.29) is 12.8 Å². The Morgan fingerprint density at radius 2 is 1.71 bits per heavy atom. The fourth-order valence-corrected chi connectivity index (χ4v) is 1.66. The molecule has 1 rings (SSSR count). The van der Waals surface area contributed by atoms with Crippen LogP contribution in [0.1, 0.15) is 43.7 Å². The maximum Gasteiger partial charge on any atom is 0.321 e. The average Bonchev–Trinajstić information content (AvgIpc) is 2.43. The Labute approximate surface area is 123 Å². The molecule has 3 N–H and O–H groups in total. The molecule has 0 saturated heterocycles. The van der Waals surface area contributed by atoms with Gasteiger partial charge in [-0.3, -0.25) is 14.9 Å². The van der Waals surface area contributed by atoms with Crippen LogP contribution in [0.2, 0.25) is 0 Å². The van der Waals surface area contributed by atoms with Crippen LogP contribution in [-0.4, -0.2) is 23.0 Å². The fraction of sp³-hybridized carbons (Fsp3) is 0.400. The van der Waals surface area contributed by atoms with Gasteiger partial charge in [-0.1, -0.05) is 38.1 Å². The van der Waals surface area contributed by atoms with E-state index in [9.17, 15) is 14.4 Å². The van der Waals surface area contributed by atoms with Crippen LogP contribution in [0.25, 0.3) is 0 Å². The molecule has 21 heavy (non-hydrogen) atoms. The zero-order valence-electron chi connectivity index (χ0n) is 12.2. The van der Waals surface area contributed by atoms with Crippen LogP contribution in [0, 0.1) is 0 Å². The molecule has 0 heterocycles. The first kappa shape index (κ1) is 16.7. The number of nitrogens with one attached hydrogen (secondary N) is 2. The van der Waals surface area contributed by atoms with E-state index in [1.165, 1.54) is 5.56 Å². The Hall–Kier alpha value is -2.37. The van der Waals surface area contributed by atoms with Gasteiger partial charge in [0.05, 0.1) is 6.42 Å². The quantitative estimate of drug-likeness (QED) is 0.747. The molecule has 6 nitrogen and oxygen atoms in total. The molecule has 0 saturated carbocycles. The average molecular weight is 292 g/mol. The molecule has 0 bridgehead atoms. The van der Waals surface area contributed by atoms with Crippen molar-refractivity contribution in [2.24, 2.45) is 0 Å². The molecule has 0 aliphatic rings. The first-order valence-electron chi connectivity index (χ1n) is 6.76. The number of urea groups is 1. The second-order valence-electron chi connectivity index (χ2n) is 5.02. The van der Waals surface area contributed by atoms with Crippen molar-refractivity contribution < 1.29 is 19.5 Å². The Balaban J connectivity index is 2.35. The number of amides is 3. The highest BCUT2D eigenvalue weighted by atomic mass is 16.4. The van der Waals surface area contributed by atoms with Gasteiger partial charge in [-0.25, -0.2) is 4.79 Å². The SMILES string of the molecule is CC(C)c1ccc(CNC(=O)NC(=O)CCC(=O)O)cc1. The minimum Gasteiger partial charge on any atom is -0.481 e. The molecule has 6 heteroatoms. The van der Waals surface area contributed by atoms with Crippen molar-refractivity contribution in [1.82, 2.24) is 10.6 Å². The third-order valence-electron chi connectivity index (χ3n) is 2.92. The Morgan fingerprint density at radius 1 is 1.10 bits per heavy atom. The Bertz CT molecular complexity index is 509. The first-order chi connectivity index (χ1) is 9.88. The predicted molar refractivity (Wildman–Crippen MR) is 77.8 cm³/mol. The highest BCUT2D eigenvalue weighted by Crippen LogP contribution is 2.14. The number of carboxylic acids is 1. The molecular weight excluding hydrogens is 272 g/mol. The van der Waals surface area contributed by atoms with Crippen molar-refractivity contribution in [3.05, 3.63) is 35.4 Å². The van der Waals surface area contributed by atoms with E-state index >= 15 is 0 Å². The molecule has 0 atom stereocenters. The lowest BCUT2D eigenvalue weighted by atomic mass is 10.0. The van der Waals surface area contributed by atoms with Gasteiger partial charge >= 0.3 is 12.0 Å². The molecule has 0 aromatic heterocycles. The summed E-state index contributed by atoms with van der Waals surface area (Å²) in [6, 6.07) is 7.21. The number of benzene rings is 1. The zero-order valence-corrected chi connectivity index (χ0v) is 12.2. The standard InChI is InChI=1S/C15H20N2O4/c1-10(2)12-5-3-11(4-6-12)9-16-15(21)17-13(18)7-8-14(19)20/h3-6,10H,7-9H2,1-2H3,(H,19,20)(H2,16,17,18,21). The number of rotatable bonds is 6. The van der Waals surface area contributed by atoms with E-state index in [1.807, 2.05) is 24.3 Å². The molecule has 0 unspecified atom stereocenters. The summed E-state index contributed by atoms with van der Waals surface area (Å²) in [5.74, 6) is -1.23. The van der Waals surface area contributed by atoms with Gasteiger partial charge in [0.2, 0.25) is 5.91 Å². The molecule has 0 radical (unpaired) electrons. The number of carbonyl (C=O) groups is 3. The lowest BCUT2D eigenvalue weighted by Gasteiger charge is -2.08. The smallest absolute Gasteiger partial charge is 0.321 e. The molecule has 1 aromatic rings. The summed E-state index contributed by atoms with van der Waals surface area (Å²) in [7, 11) is 0. The highest BCUT2D eigenvalue weighted by molar-refractivity contribution is 5.95. The van der Waals surface area contributed by atoms with Gasteiger partial charge in [-0.2, -0.15) is 0 Å². The van der Waals surface area contributed by atoms with Crippen LogP contribution >= 0.6 is 0 Å². The molecule has 0 fully saturated rings. The topological polar surface area (TPSA) is 95.5 Å². The van der Waals surface area contributed by atoms with Gasteiger partial charge in [0.25, 0.3) is 0 Å². The largest absolute Gasteiger partial charge is 0.481 e. The van der Waals surface area contributed by atoms with Gasteiger partial charge in [0.15, 0.2) is 0 Å². The maximum atomic E-state index is 11.5. The molecule has 3 amide bonds. The van der Waals surface area contributed by atoms with Crippen LogP contribution < -0.4 is 10.6 Å². The third-order valence-corrected chi connectivity index (χ3v) is 2.92. The number of carbonyl (C=O) groups excluding carboxylic acids is 2. The fourth-order valence-electron chi connectivity index (χ4n) is 1.66. The van der Waals surface area contributed by atoms with Crippen molar-refractivity contribution in [2.45, 2.75) is 39.2 Å². The van der Waals surface area contributed by atoms with E-state index in [0.29, 0.717) is 12.5 Å². The Morgan fingerprint density at radius 3 is 2.24 bits per heavy atom. The predicted octanol–water partition coefficient (Wildman–Crippen LogP) is 2.00. The molecular formula is C15H20N2O4. The van der Waals surface area contributed by atoms with Gasteiger partial charge in [-0.15, -0.1) is 0 Å². The highest BCUT2D eigenvalue weighted by Gasteiger charge is 2.09. The molecule has 114 valence electrons. The first-order valence-corrected chi connectivity index (χ1v) is 6.76. The van der Waals surface area contributed by atoms with Gasteiger partial charge < -0.3 is 10.4 Å². The lowest BCUT2D eigenvalue weighted by Crippen LogP contribution is -2.39. The van der Waals surface area contributed by atoms with Crippen LogP contribution in [0.15, 0.2) is 24.3 Å².